The summed E-state index contributed by atoms with van der Waals surface area (Å²) in [5.41, 5.74) is 9.52. The van der Waals surface area contributed by atoms with Crippen LogP contribution in [0.4, 0.5) is 11.4 Å². The smallest absolute Gasteiger partial charge is 0.231 e. The zero-order valence-electron chi connectivity index (χ0n) is 16.9. The molecule has 2 N–H and O–H groups in total. The minimum absolute atomic E-state index is 0.0167. The first-order valence-electron chi connectivity index (χ1n) is 9.12. The number of Topliss-reactive ketones (excluding diaryl/α,β-unsaturated/α-hetero) is 1. The minimum atomic E-state index is -0.0437. The van der Waals surface area contributed by atoms with Gasteiger partial charge in [-0.2, -0.15) is 0 Å². The number of carbonyl (C=O) groups is 1. The lowest BCUT2D eigenvalue weighted by molar-refractivity contribution is 0.102. The molecule has 0 amide bonds. The standard InChI is InChI=1S/C22H26N2O4/c1-13(2)16(22(25)14-6-7-17(23)18(9-14)24(3)4)8-15-10-20-21(28-12-27-20)11-19(15)26-5/h6-11,13H,12,23H2,1-5H3/b16-8+. The van der Waals surface area contributed by atoms with Crippen molar-refractivity contribution in [1.29, 1.82) is 0 Å². The first-order chi connectivity index (χ1) is 13.3. The van der Waals surface area contributed by atoms with E-state index in [4.69, 9.17) is 19.9 Å². The molecule has 0 fully saturated rings. The van der Waals surface area contributed by atoms with E-state index in [1.54, 1.807) is 25.3 Å². The molecule has 148 valence electrons. The van der Waals surface area contributed by atoms with Crippen LogP contribution in [0, 0.1) is 5.92 Å². The molecule has 6 heteroatoms. The topological polar surface area (TPSA) is 74.0 Å². The number of hydrogen-bond donors (Lipinski definition) is 1. The van der Waals surface area contributed by atoms with Gasteiger partial charge in [-0.15, -0.1) is 0 Å². The quantitative estimate of drug-likeness (QED) is 0.463. The molecular weight excluding hydrogens is 356 g/mol. The van der Waals surface area contributed by atoms with Crippen molar-refractivity contribution in [2.24, 2.45) is 5.92 Å². The fourth-order valence-corrected chi connectivity index (χ4v) is 3.13. The molecule has 2 aromatic carbocycles. The molecule has 2 aromatic rings. The van der Waals surface area contributed by atoms with Crippen LogP contribution in [0.1, 0.15) is 29.8 Å². The lowest BCUT2D eigenvalue weighted by Crippen LogP contribution is -2.14. The molecule has 0 atom stereocenters. The number of fused-ring (bicyclic) bond motifs is 1. The number of nitrogens with zero attached hydrogens (tertiary/aromatic N) is 1. The number of nitrogen functional groups attached to an aromatic ring is 1. The van der Waals surface area contributed by atoms with Gasteiger partial charge in [-0.25, -0.2) is 0 Å². The Bertz CT molecular complexity index is 932. The van der Waals surface area contributed by atoms with Crippen LogP contribution < -0.4 is 24.8 Å². The third-order valence-electron chi connectivity index (χ3n) is 4.69. The molecule has 28 heavy (non-hydrogen) atoms. The van der Waals surface area contributed by atoms with Crippen LogP contribution in [-0.2, 0) is 0 Å². The second kappa shape index (κ2) is 7.84. The second-order valence-corrected chi connectivity index (χ2v) is 7.20. The first-order valence-corrected chi connectivity index (χ1v) is 9.12. The van der Waals surface area contributed by atoms with Crippen molar-refractivity contribution in [1.82, 2.24) is 0 Å². The number of hydrogen-bond acceptors (Lipinski definition) is 6. The molecule has 1 aliphatic heterocycles. The molecule has 0 aliphatic carbocycles. The predicted molar refractivity (Wildman–Crippen MR) is 111 cm³/mol. The van der Waals surface area contributed by atoms with Gasteiger partial charge in [-0.1, -0.05) is 13.8 Å². The van der Waals surface area contributed by atoms with Crippen molar-refractivity contribution in [3.63, 3.8) is 0 Å². The van der Waals surface area contributed by atoms with E-state index in [-0.39, 0.29) is 18.5 Å². The summed E-state index contributed by atoms with van der Waals surface area (Å²) >= 11 is 0. The van der Waals surface area contributed by atoms with Gasteiger partial charge in [0.25, 0.3) is 0 Å². The Labute approximate surface area is 165 Å². The van der Waals surface area contributed by atoms with Crippen molar-refractivity contribution in [2.45, 2.75) is 13.8 Å². The van der Waals surface area contributed by atoms with E-state index in [2.05, 4.69) is 0 Å². The molecule has 6 nitrogen and oxygen atoms in total. The fourth-order valence-electron chi connectivity index (χ4n) is 3.13. The number of ketones is 1. The number of anilines is 2. The van der Waals surface area contributed by atoms with Gasteiger partial charge in [0.1, 0.15) is 5.75 Å². The van der Waals surface area contributed by atoms with E-state index in [0.29, 0.717) is 34.1 Å². The van der Waals surface area contributed by atoms with Crippen molar-refractivity contribution in [3.8, 4) is 17.2 Å². The summed E-state index contributed by atoms with van der Waals surface area (Å²) in [4.78, 5) is 15.2. The summed E-state index contributed by atoms with van der Waals surface area (Å²) < 4.78 is 16.4. The van der Waals surface area contributed by atoms with Gasteiger partial charge in [-0.05, 0) is 36.3 Å². The Hall–Kier alpha value is -3.15. The molecule has 0 radical (unpaired) electrons. The van der Waals surface area contributed by atoms with Gasteiger partial charge in [0, 0.05) is 36.9 Å². The average molecular weight is 382 g/mol. The zero-order valence-corrected chi connectivity index (χ0v) is 16.9. The molecule has 0 aromatic heterocycles. The average Bonchev–Trinajstić information content (AvgIpc) is 3.11. The van der Waals surface area contributed by atoms with Crippen molar-refractivity contribution >= 4 is 23.2 Å². The maximum atomic E-state index is 13.3. The molecule has 0 saturated carbocycles. The normalized spacial score (nSPS) is 13.0. The lowest BCUT2D eigenvalue weighted by atomic mass is 9.91. The monoisotopic (exact) mass is 382 g/mol. The highest BCUT2D eigenvalue weighted by atomic mass is 16.7. The Balaban J connectivity index is 2.05. The van der Waals surface area contributed by atoms with Gasteiger partial charge < -0.3 is 24.8 Å². The summed E-state index contributed by atoms with van der Waals surface area (Å²) in [6.45, 7) is 4.17. The highest BCUT2D eigenvalue weighted by Gasteiger charge is 2.21. The van der Waals surface area contributed by atoms with E-state index in [1.807, 2.05) is 51.1 Å². The third kappa shape index (κ3) is 3.76. The van der Waals surface area contributed by atoms with Crippen LogP contribution in [0.3, 0.4) is 0 Å². The van der Waals surface area contributed by atoms with E-state index < -0.39 is 0 Å². The highest BCUT2D eigenvalue weighted by molar-refractivity contribution is 6.12. The van der Waals surface area contributed by atoms with Crippen molar-refractivity contribution < 1.29 is 19.0 Å². The molecule has 0 spiro atoms. The summed E-state index contributed by atoms with van der Waals surface area (Å²) in [6, 6.07) is 8.97. The number of rotatable bonds is 6. The van der Waals surface area contributed by atoms with Gasteiger partial charge in [0.05, 0.1) is 18.5 Å². The number of carbonyl (C=O) groups excluding carboxylic acids is 1. The van der Waals surface area contributed by atoms with Crippen molar-refractivity contribution in [3.05, 3.63) is 47.0 Å². The zero-order chi connectivity index (χ0) is 20.4. The Morgan fingerprint density at radius 2 is 1.86 bits per heavy atom. The van der Waals surface area contributed by atoms with E-state index in [0.717, 1.165) is 11.3 Å². The van der Waals surface area contributed by atoms with E-state index in [9.17, 15) is 4.79 Å². The van der Waals surface area contributed by atoms with Crippen LogP contribution in [0.2, 0.25) is 0 Å². The predicted octanol–water partition coefficient (Wildman–Crippen LogP) is 3.99. The number of benzene rings is 2. The number of allylic oxidation sites excluding steroid dienone is 1. The van der Waals surface area contributed by atoms with Crippen molar-refractivity contribution in [2.75, 3.05) is 38.6 Å². The Morgan fingerprint density at radius 1 is 1.18 bits per heavy atom. The number of methoxy groups -OCH3 is 1. The van der Waals surface area contributed by atoms with Crippen LogP contribution >= 0.6 is 0 Å². The Morgan fingerprint density at radius 3 is 2.46 bits per heavy atom. The summed E-state index contributed by atoms with van der Waals surface area (Å²) in [7, 11) is 5.39. The van der Waals surface area contributed by atoms with Crippen LogP contribution in [0.5, 0.6) is 17.2 Å². The van der Waals surface area contributed by atoms with Gasteiger partial charge >= 0.3 is 0 Å². The minimum Gasteiger partial charge on any atom is -0.496 e. The molecule has 0 unspecified atom stereocenters. The van der Waals surface area contributed by atoms with E-state index in [1.165, 1.54) is 0 Å². The maximum Gasteiger partial charge on any atom is 0.231 e. The Kier molecular flexibility index (Phi) is 5.49. The first kappa shape index (κ1) is 19.6. The molecule has 0 saturated heterocycles. The second-order valence-electron chi connectivity index (χ2n) is 7.20. The van der Waals surface area contributed by atoms with Gasteiger partial charge in [-0.3, -0.25) is 4.79 Å². The van der Waals surface area contributed by atoms with Gasteiger partial charge in [0.15, 0.2) is 17.3 Å². The molecule has 1 heterocycles. The van der Waals surface area contributed by atoms with Crippen LogP contribution in [0.15, 0.2) is 35.9 Å². The highest BCUT2D eigenvalue weighted by Crippen LogP contribution is 2.39. The molecule has 1 aliphatic rings. The van der Waals surface area contributed by atoms with E-state index >= 15 is 0 Å². The molecular formula is C22H26N2O4. The SMILES string of the molecule is COc1cc2c(cc1/C=C(/C(=O)c1ccc(N)c(N(C)C)c1)C(C)C)OCO2. The maximum absolute atomic E-state index is 13.3. The fraction of sp³-hybridized carbons (Fsp3) is 0.318. The summed E-state index contributed by atoms with van der Waals surface area (Å²) in [6.07, 6.45) is 1.86. The molecule has 0 bridgehead atoms. The largest absolute Gasteiger partial charge is 0.496 e. The van der Waals surface area contributed by atoms with Gasteiger partial charge in [0.2, 0.25) is 6.79 Å². The summed E-state index contributed by atoms with van der Waals surface area (Å²) in [5.74, 6) is 1.88. The van der Waals surface area contributed by atoms with Crippen LogP contribution in [0.25, 0.3) is 6.08 Å². The third-order valence-corrected chi connectivity index (χ3v) is 4.69. The number of ether oxygens (including phenoxy) is 3. The van der Waals surface area contributed by atoms with Crippen LogP contribution in [-0.4, -0.2) is 33.8 Å². The molecule has 3 rings (SSSR count). The summed E-state index contributed by atoms with van der Waals surface area (Å²) in [5, 5.41) is 0. The lowest BCUT2D eigenvalue weighted by Gasteiger charge is -2.18. The number of nitrogens with two attached hydrogens (primary N) is 1.